The molecule has 1 aromatic heterocycles. The predicted molar refractivity (Wildman–Crippen MR) is 97.1 cm³/mol. The first kappa shape index (κ1) is 20.7. The van der Waals surface area contributed by atoms with Gasteiger partial charge in [0.25, 0.3) is 0 Å². The van der Waals surface area contributed by atoms with Gasteiger partial charge in [-0.2, -0.15) is 11.3 Å². The van der Waals surface area contributed by atoms with Gasteiger partial charge < -0.3 is 9.47 Å². The molecule has 24 heavy (non-hydrogen) atoms. The Balaban J connectivity index is 1.97. The largest absolute Gasteiger partial charge is 0.462 e. The number of aryl methyl sites for hydroxylation is 1. The maximum Gasteiger partial charge on any atom is 0.303 e. The highest BCUT2D eigenvalue weighted by Gasteiger charge is 2.13. The number of esters is 2. The second-order valence-electron chi connectivity index (χ2n) is 6.18. The number of rotatable bonds is 13. The SMILES string of the molecule is CC(=O)OCC(CCCCCCCCCc1ccsc1)OC(C)=O. The van der Waals surface area contributed by atoms with E-state index in [1.54, 1.807) is 11.3 Å². The highest BCUT2D eigenvalue weighted by atomic mass is 32.1. The monoisotopic (exact) mass is 354 g/mol. The molecule has 1 aromatic rings. The second kappa shape index (κ2) is 13.0. The van der Waals surface area contributed by atoms with Crippen LogP contribution in [0.4, 0.5) is 0 Å². The van der Waals surface area contributed by atoms with Gasteiger partial charge in [0, 0.05) is 13.8 Å². The van der Waals surface area contributed by atoms with Crippen molar-refractivity contribution in [1.29, 1.82) is 0 Å². The molecule has 1 atom stereocenters. The Kier molecular flexibility index (Phi) is 11.2. The summed E-state index contributed by atoms with van der Waals surface area (Å²) in [4.78, 5) is 21.9. The molecule has 0 aliphatic heterocycles. The van der Waals surface area contributed by atoms with Gasteiger partial charge >= 0.3 is 11.9 Å². The topological polar surface area (TPSA) is 52.6 Å². The zero-order valence-corrected chi connectivity index (χ0v) is 15.7. The van der Waals surface area contributed by atoms with E-state index >= 15 is 0 Å². The molecule has 0 amide bonds. The van der Waals surface area contributed by atoms with Crippen LogP contribution >= 0.6 is 11.3 Å². The molecule has 4 nitrogen and oxygen atoms in total. The molecule has 0 N–H and O–H groups in total. The number of thiophene rings is 1. The van der Waals surface area contributed by atoms with E-state index in [-0.39, 0.29) is 24.6 Å². The summed E-state index contributed by atoms with van der Waals surface area (Å²) < 4.78 is 10.1. The Morgan fingerprint density at radius 1 is 1.00 bits per heavy atom. The molecular weight excluding hydrogens is 324 g/mol. The molecule has 0 aliphatic carbocycles. The number of carbonyl (C=O) groups is 2. The lowest BCUT2D eigenvalue weighted by molar-refractivity contribution is -0.156. The van der Waals surface area contributed by atoms with E-state index in [0.29, 0.717) is 0 Å². The number of unbranched alkanes of at least 4 members (excludes halogenated alkanes) is 6. The van der Waals surface area contributed by atoms with Gasteiger partial charge in [-0.15, -0.1) is 0 Å². The van der Waals surface area contributed by atoms with Crippen LogP contribution in [0, 0.1) is 0 Å². The van der Waals surface area contributed by atoms with Crippen molar-refractivity contribution in [1.82, 2.24) is 0 Å². The van der Waals surface area contributed by atoms with E-state index in [2.05, 4.69) is 16.8 Å². The Bertz CT molecular complexity index is 456. The standard InChI is InChI=1S/C19H30O4S/c1-16(20)22-14-19(23-17(2)21)11-9-7-5-3-4-6-8-10-18-12-13-24-15-18/h12-13,15,19H,3-11,14H2,1-2H3. The molecule has 0 radical (unpaired) electrons. The average Bonchev–Trinajstić information content (AvgIpc) is 3.03. The lowest BCUT2D eigenvalue weighted by atomic mass is 10.0. The van der Waals surface area contributed by atoms with Gasteiger partial charge in [0.05, 0.1) is 0 Å². The fraction of sp³-hybridized carbons (Fsp3) is 0.684. The van der Waals surface area contributed by atoms with Crippen LogP contribution in [0.15, 0.2) is 16.8 Å². The first-order valence-electron chi connectivity index (χ1n) is 8.89. The van der Waals surface area contributed by atoms with Crippen molar-refractivity contribution in [2.75, 3.05) is 6.61 Å². The molecule has 1 heterocycles. The quantitative estimate of drug-likeness (QED) is 0.373. The van der Waals surface area contributed by atoms with E-state index in [4.69, 9.17) is 9.47 Å². The van der Waals surface area contributed by atoms with Gasteiger partial charge in [-0.1, -0.05) is 32.1 Å². The maximum atomic E-state index is 11.1. The third-order valence-corrected chi connectivity index (χ3v) is 4.61. The zero-order valence-electron chi connectivity index (χ0n) is 14.9. The average molecular weight is 355 g/mol. The third-order valence-electron chi connectivity index (χ3n) is 3.88. The van der Waals surface area contributed by atoms with Crippen molar-refractivity contribution in [2.45, 2.75) is 77.7 Å². The molecule has 0 saturated heterocycles. The van der Waals surface area contributed by atoms with Crippen LogP contribution in [0.3, 0.4) is 0 Å². The summed E-state index contributed by atoms with van der Waals surface area (Å²) in [5, 5.41) is 4.37. The van der Waals surface area contributed by atoms with Crippen molar-refractivity contribution < 1.29 is 19.1 Å². The van der Waals surface area contributed by atoms with Crippen LogP contribution in [0.1, 0.15) is 70.8 Å². The molecule has 0 aliphatic rings. The fourth-order valence-corrected chi connectivity index (χ4v) is 3.34. The van der Waals surface area contributed by atoms with Crippen molar-refractivity contribution in [3.63, 3.8) is 0 Å². The Morgan fingerprint density at radius 2 is 1.67 bits per heavy atom. The number of hydrogen-bond acceptors (Lipinski definition) is 5. The Hall–Kier alpha value is -1.36. The van der Waals surface area contributed by atoms with Crippen LogP contribution in [-0.4, -0.2) is 24.6 Å². The van der Waals surface area contributed by atoms with Gasteiger partial charge in [0.15, 0.2) is 0 Å². The summed E-state index contributed by atoms with van der Waals surface area (Å²) in [5.74, 6) is -0.660. The lowest BCUT2D eigenvalue weighted by Crippen LogP contribution is -2.23. The van der Waals surface area contributed by atoms with Crippen LogP contribution in [0.5, 0.6) is 0 Å². The van der Waals surface area contributed by atoms with Gasteiger partial charge in [0.2, 0.25) is 0 Å². The summed E-state index contributed by atoms with van der Waals surface area (Å²) in [6, 6.07) is 2.21. The van der Waals surface area contributed by atoms with Crippen LogP contribution in [0.2, 0.25) is 0 Å². The smallest absolute Gasteiger partial charge is 0.303 e. The molecule has 0 saturated carbocycles. The molecular formula is C19H30O4S. The molecule has 0 fully saturated rings. The maximum absolute atomic E-state index is 11.1. The summed E-state index contributed by atoms with van der Waals surface area (Å²) in [7, 11) is 0. The minimum Gasteiger partial charge on any atom is -0.462 e. The van der Waals surface area contributed by atoms with Crippen molar-refractivity contribution in [2.24, 2.45) is 0 Å². The first-order chi connectivity index (χ1) is 11.6. The van der Waals surface area contributed by atoms with Gasteiger partial charge in [-0.05, 0) is 48.1 Å². The second-order valence-corrected chi connectivity index (χ2v) is 6.96. The predicted octanol–water partition coefficient (Wildman–Crippen LogP) is 4.91. The Morgan fingerprint density at radius 3 is 2.25 bits per heavy atom. The minimum atomic E-state index is -0.338. The number of ether oxygens (including phenoxy) is 2. The number of hydrogen-bond donors (Lipinski definition) is 0. The first-order valence-corrected chi connectivity index (χ1v) is 9.84. The normalized spacial score (nSPS) is 11.9. The molecule has 0 bridgehead atoms. The Labute approximate surface area is 149 Å². The summed E-state index contributed by atoms with van der Waals surface area (Å²) >= 11 is 1.77. The van der Waals surface area contributed by atoms with E-state index < -0.39 is 0 Å². The summed E-state index contributed by atoms with van der Waals surface area (Å²) in [6.45, 7) is 2.91. The third kappa shape index (κ3) is 11.2. The van der Waals surface area contributed by atoms with Crippen LogP contribution < -0.4 is 0 Å². The minimum absolute atomic E-state index is 0.164. The zero-order chi connectivity index (χ0) is 17.6. The molecule has 0 spiro atoms. The van der Waals surface area contributed by atoms with Gasteiger partial charge in [-0.3, -0.25) is 9.59 Å². The van der Waals surface area contributed by atoms with Crippen molar-refractivity contribution in [3.8, 4) is 0 Å². The highest BCUT2D eigenvalue weighted by molar-refractivity contribution is 7.07. The van der Waals surface area contributed by atoms with Crippen LogP contribution in [0.25, 0.3) is 0 Å². The number of carbonyl (C=O) groups excluding carboxylic acids is 2. The van der Waals surface area contributed by atoms with E-state index in [1.807, 2.05) is 0 Å². The molecule has 1 unspecified atom stereocenters. The fourth-order valence-electron chi connectivity index (χ4n) is 2.64. The van der Waals surface area contributed by atoms with E-state index in [0.717, 1.165) is 19.3 Å². The van der Waals surface area contributed by atoms with Crippen molar-refractivity contribution in [3.05, 3.63) is 22.4 Å². The lowest BCUT2D eigenvalue weighted by Gasteiger charge is -2.16. The molecule has 136 valence electrons. The van der Waals surface area contributed by atoms with Crippen LogP contribution in [-0.2, 0) is 25.5 Å². The summed E-state index contributed by atoms with van der Waals surface area (Å²) in [5.41, 5.74) is 1.46. The van der Waals surface area contributed by atoms with E-state index in [9.17, 15) is 9.59 Å². The highest BCUT2D eigenvalue weighted by Crippen LogP contribution is 2.14. The molecule has 5 heteroatoms. The van der Waals surface area contributed by atoms with Crippen molar-refractivity contribution >= 4 is 23.3 Å². The summed E-state index contributed by atoms with van der Waals surface area (Å²) in [6.07, 6.45) is 10.1. The molecule has 0 aromatic carbocycles. The van der Waals surface area contributed by atoms with E-state index in [1.165, 1.54) is 57.9 Å². The van der Waals surface area contributed by atoms with Gasteiger partial charge in [0.1, 0.15) is 12.7 Å². The van der Waals surface area contributed by atoms with Gasteiger partial charge in [-0.25, -0.2) is 0 Å². The molecule has 1 rings (SSSR count).